The molecule has 0 fully saturated rings. The molecule has 2 atom stereocenters. The van der Waals surface area contributed by atoms with Gasteiger partial charge in [0.05, 0.1) is 24.8 Å². The number of hydrogen-bond acceptors (Lipinski definition) is 3. The molecule has 0 aliphatic rings. The Labute approximate surface area is 170 Å². The molecule has 0 saturated carbocycles. The Morgan fingerprint density at radius 3 is 2.48 bits per heavy atom. The monoisotopic (exact) mass is 391 g/mol. The normalized spacial score (nSPS) is 12.8. The van der Waals surface area contributed by atoms with Crippen LogP contribution in [0, 0.1) is 6.92 Å². The number of carbonyl (C=O) groups excluding carboxylic acids is 2. The molecule has 0 unspecified atom stereocenters. The molecule has 0 aliphatic heterocycles. The molecule has 7 heteroatoms. The summed E-state index contributed by atoms with van der Waals surface area (Å²) in [5.41, 5.74) is 9.17. The number of aromatic nitrogens is 2. The Kier molecular flexibility index (Phi) is 6.29. The Morgan fingerprint density at radius 2 is 1.86 bits per heavy atom. The van der Waals surface area contributed by atoms with Crippen molar-refractivity contribution in [3.05, 3.63) is 83.9 Å². The van der Waals surface area contributed by atoms with Gasteiger partial charge in [0.15, 0.2) is 0 Å². The Balaban J connectivity index is 1.65. The van der Waals surface area contributed by atoms with Crippen molar-refractivity contribution in [3.63, 3.8) is 0 Å². The zero-order chi connectivity index (χ0) is 20.8. The summed E-state index contributed by atoms with van der Waals surface area (Å²) < 4.78 is 1.91. The first-order chi connectivity index (χ1) is 13.9. The molecule has 0 bridgehead atoms. The van der Waals surface area contributed by atoms with E-state index in [2.05, 4.69) is 15.6 Å². The van der Waals surface area contributed by atoms with Crippen LogP contribution in [-0.2, 0) is 4.79 Å². The van der Waals surface area contributed by atoms with E-state index < -0.39 is 12.1 Å². The van der Waals surface area contributed by atoms with Crippen molar-refractivity contribution in [1.82, 2.24) is 20.2 Å². The quantitative estimate of drug-likeness (QED) is 0.576. The first-order valence-electron chi connectivity index (χ1n) is 9.42. The summed E-state index contributed by atoms with van der Waals surface area (Å²) in [7, 11) is 0. The van der Waals surface area contributed by atoms with E-state index in [0.717, 1.165) is 22.4 Å². The zero-order valence-electron chi connectivity index (χ0n) is 16.5. The van der Waals surface area contributed by atoms with Gasteiger partial charge in [-0.25, -0.2) is 9.78 Å². The van der Waals surface area contributed by atoms with Crippen molar-refractivity contribution >= 4 is 11.9 Å². The van der Waals surface area contributed by atoms with Crippen molar-refractivity contribution in [2.24, 2.45) is 5.73 Å². The van der Waals surface area contributed by atoms with Gasteiger partial charge in [-0.2, -0.15) is 0 Å². The summed E-state index contributed by atoms with van der Waals surface area (Å²) in [5.74, 6) is -0.170. The maximum absolute atomic E-state index is 12.6. The number of primary amides is 1. The first kappa shape index (κ1) is 20.1. The Hall–Kier alpha value is -3.61. The Bertz CT molecular complexity index is 967. The van der Waals surface area contributed by atoms with Crippen LogP contribution in [0.5, 0.6) is 0 Å². The van der Waals surface area contributed by atoms with E-state index in [-0.39, 0.29) is 18.4 Å². The predicted molar refractivity (Wildman–Crippen MR) is 111 cm³/mol. The molecule has 0 saturated heterocycles. The van der Waals surface area contributed by atoms with Crippen LogP contribution >= 0.6 is 0 Å². The second-order valence-electron chi connectivity index (χ2n) is 7.03. The van der Waals surface area contributed by atoms with Crippen LogP contribution in [0.2, 0.25) is 0 Å². The summed E-state index contributed by atoms with van der Waals surface area (Å²) >= 11 is 0. The number of nitrogens with two attached hydrogens (primary N) is 1. The molecule has 29 heavy (non-hydrogen) atoms. The predicted octanol–water partition coefficient (Wildman–Crippen LogP) is 3.16. The van der Waals surface area contributed by atoms with Crippen molar-refractivity contribution in [1.29, 1.82) is 0 Å². The van der Waals surface area contributed by atoms with Crippen molar-refractivity contribution in [2.45, 2.75) is 32.4 Å². The standard InChI is InChI=1S/C22H25N5O2/c1-15-4-3-5-18(12-15)20(26-22(23)29)13-21(28)25-16(2)17-6-8-19(9-7-17)27-11-10-24-14-27/h3-12,14,16,20H,13H2,1-2H3,(H,25,28)(H3,23,26,29)/t16-,20+/m1/s1. The van der Waals surface area contributed by atoms with Crippen molar-refractivity contribution in [2.75, 3.05) is 0 Å². The molecule has 7 nitrogen and oxygen atoms in total. The number of nitrogens with zero attached hydrogens (tertiary/aromatic N) is 2. The van der Waals surface area contributed by atoms with E-state index in [4.69, 9.17) is 5.73 Å². The molecule has 0 spiro atoms. The number of amides is 3. The van der Waals surface area contributed by atoms with Crippen LogP contribution in [0.15, 0.2) is 67.3 Å². The highest BCUT2D eigenvalue weighted by Crippen LogP contribution is 2.20. The average Bonchev–Trinajstić information content (AvgIpc) is 3.22. The molecule has 1 heterocycles. The highest BCUT2D eigenvalue weighted by atomic mass is 16.2. The van der Waals surface area contributed by atoms with E-state index in [1.54, 1.807) is 12.5 Å². The van der Waals surface area contributed by atoms with Gasteiger partial charge in [0, 0.05) is 18.1 Å². The van der Waals surface area contributed by atoms with Gasteiger partial charge in [-0.15, -0.1) is 0 Å². The number of nitrogens with one attached hydrogen (secondary N) is 2. The molecule has 3 rings (SSSR count). The second kappa shape index (κ2) is 9.05. The number of imidazole rings is 1. The zero-order valence-corrected chi connectivity index (χ0v) is 16.5. The van der Waals surface area contributed by atoms with Crippen molar-refractivity contribution < 1.29 is 9.59 Å². The third-order valence-corrected chi connectivity index (χ3v) is 4.72. The maximum Gasteiger partial charge on any atom is 0.312 e. The van der Waals surface area contributed by atoms with E-state index in [1.165, 1.54) is 0 Å². The molecule has 2 aromatic carbocycles. The number of aryl methyl sites for hydroxylation is 1. The summed E-state index contributed by atoms with van der Waals surface area (Å²) in [6.45, 7) is 3.88. The molecular formula is C22H25N5O2. The summed E-state index contributed by atoms with van der Waals surface area (Å²) in [6.07, 6.45) is 5.43. The minimum Gasteiger partial charge on any atom is -0.352 e. The van der Waals surface area contributed by atoms with Crippen LogP contribution in [0.4, 0.5) is 4.79 Å². The van der Waals surface area contributed by atoms with E-state index in [0.29, 0.717) is 0 Å². The van der Waals surface area contributed by atoms with Gasteiger partial charge in [-0.3, -0.25) is 4.79 Å². The van der Waals surface area contributed by atoms with Gasteiger partial charge in [0.25, 0.3) is 0 Å². The lowest BCUT2D eigenvalue weighted by molar-refractivity contribution is -0.122. The molecule has 4 N–H and O–H groups in total. The van der Waals surface area contributed by atoms with Crippen LogP contribution in [0.25, 0.3) is 5.69 Å². The van der Waals surface area contributed by atoms with Gasteiger partial charge in [0.1, 0.15) is 0 Å². The molecule has 150 valence electrons. The van der Waals surface area contributed by atoms with Gasteiger partial charge in [-0.1, -0.05) is 42.0 Å². The fourth-order valence-electron chi connectivity index (χ4n) is 3.23. The topological polar surface area (TPSA) is 102 Å². The van der Waals surface area contributed by atoms with E-state index in [9.17, 15) is 9.59 Å². The molecule has 0 radical (unpaired) electrons. The van der Waals surface area contributed by atoms with E-state index >= 15 is 0 Å². The summed E-state index contributed by atoms with van der Waals surface area (Å²) in [5, 5.41) is 5.65. The highest BCUT2D eigenvalue weighted by molar-refractivity contribution is 5.79. The largest absolute Gasteiger partial charge is 0.352 e. The highest BCUT2D eigenvalue weighted by Gasteiger charge is 2.19. The van der Waals surface area contributed by atoms with Gasteiger partial charge >= 0.3 is 6.03 Å². The molecule has 3 aromatic rings. The lowest BCUT2D eigenvalue weighted by Crippen LogP contribution is -2.37. The van der Waals surface area contributed by atoms with Crippen LogP contribution in [-0.4, -0.2) is 21.5 Å². The molecule has 3 amide bonds. The minimum absolute atomic E-state index is 0.101. The third-order valence-electron chi connectivity index (χ3n) is 4.72. The lowest BCUT2D eigenvalue weighted by atomic mass is 10.0. The van der Waals surface area contributed by atoms with Crippen LogP contribution < -0.4 is 16.4 Å². The van der Waals surface area contributed by atoms with Gasteiger partial charge < -0.3 is 20.9 Å². The average molecular weight is 391 g/mol. The number of carbonyl (C=O) groups is 2. The minimum atomic E-state index is -0.660. The molecular weight excluding hydrogens is 366 g/mol. The number of urea groups is 1. The summed E-state index contributed by atoms with van der Waals surface area (Å²) in [4.78, 5) is 28.1. The second-order valence-corrected chi connectivity index (χ2v) is 7.03. The number of hydrogen-bond donors (Lipinski definition) is 3. The fraction of sp³-hybridized carbons (Fsp3) is 0.227. The smallest absolute Gasteiger partial charge is 0.312 e. The molecule has 1 aromatic heterocycles. The number of rotatable bonds is 7. The first-order valence-corrected chi connectivity index (χ1v) is 9.42. The van der Waals surface area contributed by atoms with Gasteiger partial charge in [0.2, 0.25) is 5.91 Å². The van der Waals surface area contributed by atoms with Crippen LogP contribution in [0.3, 0.4) is 0 Å². The van der Waals surface area contributed by atoms with Gasteiger partial charge in [-0.05, 0) is 37.1 Å². The Morgan fingerprint density at radius 1 is 1.10 bits per heavy atom. The maximum atomic E-state index is 12.6. The van der Waals surface area contributed by atoms with E-state index in [1.807, 2.05) is 73.1 Å². The molecule has 0 aliphatic carbocycles. The third kappa shape index (κ3) is 5.44. The van der Waals surface area contributed by atoms with Crippen LogP contribution in [0.1, 0.15) is 42.1 Å². The fourth-order valence-corrected chi connectivity index (χ4v) is 3.23. The van der Waals surface area contributed by atoms with Crippen molar-refractivity contribution in [3.8, 4) is 5.69 Å². The lowest BCUT2D eigenvalue weighted by Gasteiger charge is -2.20. The summed E-state index contributed by atoms with van der Waals surface area (Å²) in [6, 6.07) is 14.2. The number of benzene rings is 2. The SMILES string of the molecule is Cc1cccc([C@H](CC(=O)N[C@H](C)c2ccc(-n3ccnc3)cc2)NC(N)=O)c1.